The third-order valence-electron chi connectivity index (χ3n) is 4.51. The van der Waals surface area contributed by atoms with Gasteiger partial charge < -0.3 is 11.1 Å². The second kappa shape index (κ2) is 6.18. The topological polar surface area (TPSA) is 72.9 Å². The van der Waals surface area contributed by atoms with Crippen LogP contribution in [-0.2, 0) is 11.8 Å². The number of nitrogens with two attached hydrogens (primary N) is 1. The Hall–Kier alpha value is -1.36. The maximum atomic E-state index is 12.7. The van der Waals surface area contributed by atoms with Crippen LogP contribution in [-0.4, -0.2) is 22.2 Å². The first-order valence-corrected chi connectivity index (χ1v) is 7.82. The average molecular weight is 292 g/mol. The van der Waals surface area contributed by atoms with Gasteiger partial charge in [-0.3, -0.25) is 9.48 Å². The molecular formula is C16H28N4O. The Labute approximate surface area is 127 Å². The molecule has 5 heteroatoms. The van der Waals surface area contributed by atoms with E-state index in [9.17, 15) is 4.79 Å². The van der Waals surface area contributed by atoms with E-state index in [1.807, 2.05) is 19.4 Å². The molecule has 1 saturated carbocycles. The lowest BCUT2D eigenvalue weighted by Crippen LogP contribution is -2.41. The van der Waals surface area contributed by atoms with Crippen LogP contribution in [0.25, 0.3) is 0 Å². The molecule has 3 atom stereocenters. The van der Waals surface area contributed by atoms with Gasteiger partial charge in [-0.2, -0.15) is 5.10 Å². The second-order valence-corrected chi connectivity index (χ2v) is 7.29. The van der Waals surface area contributed by atoms with Gasteiger partial charge in [0.05, 0.1) is 12.2 Å². The number of hydrogen-bond acceptors (Lipinski definition) is 3. The van der Waals surface area contributed by atoms with E-state index >= 15 is 0 Å². The predicted octanol–water partition coefficient (Wildman–Crippen LogP) is 2.00. The third kappa shape index (κ3) is 3.64. The van der Waals surface area contributed by atoms with Crippen LogP contribution in [0.4, 0.5) is 0 Å². The summed E-state index contributed by atoms with van der Waals surface area (Å²) in [4.78, 5) is 12.7. The summed E-state index contributed by atoms with van der Waals surface area (Å²) in [6.07, 6.45) is 6.95. The van der Waals surface area contributed by atoms with E-state index in [-0.39, 0.29) is 23.3 Å². The van der Waals surface area contributed by atoms with Crippen molar-refractivity contribution < 1.29 is 4.79 Å². The molecule has 0 radical (unpaired) electrons. The lowest BCUT2D eigenvalue weighted by Gasteiger charge is -2.32. The monoisotopic (exact) mass is 292 g/mol. The minimum Gasteiger partial charge on any atom is -0.348 e. The number of amides is 1. The standard InChI is InChI=1S/C16H28N4O/c1-16(2,3)14(12-9-18-20(4)10-12)19-15(21)13-7-5-6-11(13)8-17/h9-11,13-14H,5-8,17H2,1-4H3,(H,19,21)/t11-,13-,14?/m1/s1. The minimum atomic E-state index is -0.0600. The molecule has 1 fully saturated rings. The minimum absolute atomic E-state index is 0.0299. The van der Waals surface area contributed by atoms with Gasteiger partial charge in [0.1, 0.15) is 0 Å². The molecule has 0 bridgehead atoms. The first-order valence-electron chi connectivity index (χ1n) is 7.82. The van der Waals surface area contributed by atoms with E-state index in [1.54, 1.807) is 4.68 Å². The van der Waals surface area contributed by atoms with E-state index < -0.39 is 0 Å². The molecule has 1 aromatic rings. The van der Waals surface area contributed by atoms with Gasteiger partial charge in [0, 0.05) is 24.7 Å². The molecule has 0 aromatic carbocycles. The largest absolute Gasteiger partial charge is 0.348 e. The number of carbonyl (C=O) groups excluding carboxylic acids is 1. The van der Waals surface area contributed by atoms with Crippen LogP contribution in [0, 0.1) is 17.3 Å². The Kier molecular flexibility index (Phi) is 4.71. The van der Waals surface area contributed by atoms with Crippen LogP contribution >= 0.6 is 0 Å². The number of carbonyl (C=O) groups is 1. The summed E-state index contributed by atoms with van der Waals surface area (Å²) < 4.78 is 1.78. The fraction of sp³-hybridized carbons (Fsp3) is 0.750. The van der Waals surface area contributed by atoms with Crippen molar-refractivity contribution in [1.82, 2.24) is 15.1 Å². The van der Waals surface area contributed by atoms with Gasteiger partial charge in [-0.1, -0.05) is 27.2 Å². The third-order valence-corrected chi connectivity index (χ3v) is 4.51. The summed E-state index contributed by atoms with van der Waals surface area (Å²) in [5, 5.41) is 7.48. The number of nitrogens with one attached hydrogen (secondary N) is 1. The van der Waals surface area contributed by atoms with Crippen molar-refractivity contribution in [2.24, 2.45) is 30.0 Å². The maximum absolute atomic E-state index is 12.7. The van der Waals surface area contributed by atoms with Crippen molar-refractivity contribution in [1.29, 1.82) is 0 Å². The number of aryl methyl sites for hydroxylation is 1. The van der Waals surface area contributed by atoms with Gasteiger partial charge >= 0.3 is 0 Å². The van der Waals surface area contributed by atoms with E-state index in [4.69, 9.17) is 5.73 Å². The van der Waals surface area contributed by atoms with Crippen LogP contribution in [0.1, 0.15) is 51.6 Å². The normalized spacial score (nSPS) is 24.0. The summed E-state index contributed by atoms with van der Waals surface area (Å²) in [5.74, 6) is 0.544. The van der Waals surface area contributed by atoms with Gasteiger partial charge in [-0.25, -0.2) is 0 Å². The van der Waals surface area contributed by atoms with Gasteiger partial charge in [-0.05, 0) is 30.7 Å². The molecule has 21 heavy (non-hydrogen) atoms. The van der Waals surface area contributed by atoms with Crippen molar-refractivity contribution in [2.45, 2.75) is 46.1 Å². The summed E-state index contributed by atoms with van der Waals surface area (Å²) >= 11 is 0. The Morgan fingerprint density at radius 1 is 1.52 bits per heavy atom. The number of aromatic nitrogens is 2. The molecule has 0 saturated heterocycles. The molecule has 5 nitrogen and oxygen atoms in total. The molecule has 1 aromatic heterocycles. The molecule has 1 heterocycles. The Morgan fingerprint density at radius 2 is 2.24 bits per heavy atom. The maximum Gasteiger partial charge on any atom is 0.223 e. The van der Waals surface area contributed by atoms with Crippen molar-refractivity contribution in [3.63, 3.8) is 0 Å². The fourth-order valence-electron chi connectivity index (χ4n) is 3.30. The van der Waals surface area contributed by atoms with E-state index in [0.717, 1.165) is 24.8 Å². The highest BCUT2D eigenvalue weighted by Crippen LogP contribution is 2.35. The molecule has 1 aliphatic carbocycles. The lowest BCUT2D eigenvalue weighted by molar-refractivity contribution is -0.127. The molecule has 0 aliphatic heterocycles. The molecule has 118 valence electrons. The van der Waals surface area contributed by atoms with Crippen LogP contribution in [0.5, 0.6) is 0 Å². The molecule has 1 amide bonds. The summed E-state index contributed by atoms with van der Waals surface area (Å²) in [5.41, 5.74) is 6.80. The SMILES string of the molecule is Cn1cc(C(NC(=O)[C@@H]2CCC[C@@H]2CN)C(C)(C)C)cn1. The van der Waals surface area contributed by atoms with Crippen molar-refractivity contribution >= 4 is 5.91 Å². The predicted molar refractivity (Wildman–Crippen MR) is 83.4 cm³/mol. The Bertz CT molecular complexity index is 489. The quantitative estimate of drug-likeness (QED) is 0.891. The first-order chi connectivity index (χ1) is 9.82. The van der Waals surface area contributed by atoms with Crippen LogP contribution in [0.2, 0.25) is 0 Å². The molecule has 3 N–H and O–H groups in total. The summed E-state index contributed by atoms with van der Waals surface area (Å²) in [6, 6.07) is -0.0299. The van der Waals surface area contributed by atoms with Gasteiger partial charge in [0.25, 0.3) is 0 Å². The molecular weight excluding hydrogens is 264 g/mol. The number of rotatable bonds is 4. The van der Waals surface area contributed by atoms with Crippen LogP contribution in [0.15, 0.2) is 12.4 Å². The van der Waals surface area contributed by atoms with Gasteiger partial charge in [0.2, 0.25) is 5.91 Å². The van der Waals surface area contributed by atoms with Gasteiger partial charge in [-0.15, -0.1) is 0 Å². The number of hydrogen-bond donors (Lipinski definition) is 2. The van der Waals surface area contributed by atoms with Crippen molar-refractivity contribution in [3.8, 4) is 0 Å². The van der Waals surface area contributed by atoms with Crippen LogP contribution in [0.3, 0.4) is 0 Å². The highest BCUT2D eigenvalue weighted by Gasteiger charge is 2.36. The Balaban J connectivity index is 2.14. The van der Waals surface area contributed by atoms with Crippen molar-refractivity contribution in [3.05, 3.63) is 18.0 Å². The smallest absolute Gasteiger partial charge is 0.223 e. The highest BCUT2D eigenvalue weighted by atomic mass is 16.2. The molecule has 0 spiro atoms. The number of nitrogens with zero attached hydrogens (tertiary/aromatic N) is 2. The zero-order valence-electron chi connectivity index (χ0n) is 13.6. The Morgan fingerprint density at radius 3 is 2.76 bits per heavy atom. The molecule has 1 unspecified atom stereocenters. The molecule has 1 aliphatic rings. The van der Waals surface area contributed by atoms with E-state index in [1.165, 1.54) is 0 Å². The highest BCUT2D eigenvalue weighted by molar-refractivity contribution is 5.79. The van der Waals surface area contributed by atoms with Crippen molar-refractivity contribution in [2.75, 3.05) is 6.54 Å². The van der Waals surface area contributed by atoms with Gasteiger partial charge in [0.15, 0.2) is 0 Å². The van der Waals surface area contributed by atoms with Crippen LogP contribution < -0.4 is 11.1 Å². The zero-order valence-corrected chi connectivity index (χ0v) is 13.6. The zero-order chi connectivity index (χ0) is 15.6. The van der Waals surface area contributed by atoms with E-state index in [0.29, 0.717) is 12.5 Å². The average Bonchev–Trinajstić information content (AvgIpc) is 3.02. The summed E-state index contributed by atoms with van der Waals surface area (Å²) in [7, 11) is 1.90. The van der Waals surface area contributed by atoms with E-state index in [2.05, 4.69) is 31.2 Å². The molecule has 2 rings (SSSR count). The second-order valence-electron chi connectivity index (χ2n) is 7.29. The summed E-state index contributed by atoms with van der Waals surface area (Å²) in [6.45, 7) is 7.02. The first kappa shape index (κ1) is 16.0. The fourth-order valence-corrected chi connectivity index (χ4v) is 3.30. The lowest BCUT2D eigenvalue weighted by atomic mass is 9.82.